The zero-order valence-corrected chi connectivity index (χ0v) is 18.1. The van der Waals surface area contributed by atoms with Gasteiger partial charge in [0.15, 0.2) is 5.82 Å². The van der Waals surface area contributed by atoms with Crippen LogP contribution in [0.4, 0.5) is 17.2 Å². The van der Waals surface area contributed by atoms with Crippen molar-refractivity contribution in [3.05, 3.63) is 78.8 Å². The number of nitrogens with two attached hydrogens (primary N) is 1. The fraction of sp³-hybridized carbons (Fsp3) is 0.167. The molecular weight excluding hydrogens is 420 g/mol. The molecule has 9 heteroatoms. The van der Waals surface area contributed by atoms with Crippen molar-refractivity contribution in [3.8, 4) is 11.6 Å². The molecule has 1 saturated heterocycles. The predicted octanol–water partition coefficient (Wildman–Crippen LogP) is 2.98. The van der Waals surface area contributed by atoms with Gasteiger partial charge < -0.3 is 26.0 Å². The van der Waals surface area contributed by atoms with Crippen molar-refractivity contribution >= 4 is 28.9 Å². The molecule has 33 heavy (non-hydrogen) atoms. The summed E-state index contributed by atoms with van der Waals surface area (Å²) in [7, 11) is 0. The van der Waals surface area contributed by atoms with Crippen LogP contribution < -0.4 is 26.0 Å². The lowest BCUT2D eigenvalue weighted by Gasteiger charge is -2.32. The lowest BCUT2D eigenvalue weighted by molar-refractivity contribution is -0.121. The molecule has 9 nitrogen and oxygen atoms in total. The Hall–Kier alpha value is -4.40. The Morgan fingerprint density at radius 2 is 1.91 bits per heavy atom. The van der Waals surface area contributed by atoms with E-state index in [2.05, 4.69) is 27.2 Å². The van der Waals surface area contributed by atoms with Crippen molar-refractivity contribution in [1.82, 2.24) is 15.3 Å². The molecule has 0 aliphatic carbocycles. The van der Waals surface area contributed by atoms with Crippen LogP contribution in [0.1, 0.15) is 17.3 Å². The minimum Gasteiger partial charge on any atom is -0.436 e. The van der Waals surface area contributed by atoms with Gasteiger partial charge in [0.25, 0.3) is 5.88 Å². The third-order valence-electron chi connectivity index (χ3n) is 5.03. The Morgan fingerprint density at radius 3 is 2.64 bits per heavy atom. The lowest BCUT2D eigenvalue weighted by atomic mass is 10.1. The van der Waals surface area contributed by atoms with Crippen LogP contribution in [0.2, 0.25) is 0 Å². The van der Waals surface area contributed by atoms with E-state index < -0.39 is 0 Å². The van der Waals surface area contributed by atoms with Crippen LogP contribution in [0.5, 0.6) is 11.6 Å². The maximum absolute atomic E-state index is 12.7. The van der Waals surface area contributed by atoms with Crippen molar-refractivity contribution in [2.24, 2.45) is 0 Å². The smallest absolute Gasteiger partial charge is 0.263 e. The summed E-state index contributed by atoms with van der Waals surface area (Å²) in [6.45, 7) is 6.52. The van der Waals surface area contributed by atoms with Gasteiger partial charge in [0.2, 0.25) is 11.7 Å². The van der Waals surface area contributed by atoms with Crippen LogP contribution in [-0.2, 0) is 4.79 Å². The standard InChI is InChI=1S/C24H24N6O3/c1-15-13-30(14-21(31)28-15)23-24(27-12-11-26-23)33-18-9-7-17(8-10-18)22(32)16(2)29-20-6-4-3-5-19(20)25/h3-12,15,29H,2,13-14,25H2,1H3,(H,28,31)/t15-/m1/s1. The quantitative estimate of drug-likeness (QED) is 0.289. The van der Waals surface area contributed by atoms with Crippen molar-refractivity contribution in [1.29, 1.82) is 0 Å². The number of ether oxygens (including phenoxy) is 1. The average Bonchev–Trinajstić information content (AvgIpc) is 2.80. The van der Waals surface area contributed by atoms with Gasteiger partial charge in [-0.2, -0.15) is 0 Å². The monoisotopic (exact) mass is 444 g/mol. The number of nitrogen functional groups attached to an aromatic ring is 1. The number of rotatable bonds is 7. The predicted molar refractivity (Wildman–Crippen MR) is 126 cm³/mol. The Morgan fingerprint density at radius 1 is 1.18 bits per heavy atom. The van der Waals surface area contributed by atoms with Gasteiger partial charge in [0.1, 0.15) is 5.75 Å². The molecule has 2 heterocycles. The number of benzene rings is 2. The maximum atomic E-state index is 12.7. The summed E-state index contributed by atoms with van der Waals surface area (Å²) in [5.74, 6) is 0.896. The maximum Gasteiger partial charge on any atom is 0.263 e. The molecule has 1 aromatic heterocycles. The molecule has 1 aliphatic heterocycles. The third kappa shape index (κ3) is 5.09. The molecule has 1 aliphatic rings. The molecule has 0 unspecified atom stereocenters. The molecule has 3 aromatic rings. The van der Waals surface area contributed by atoms with Crippen LogP contribution in [0.3, 0.4) is 0 Å². The number of aromatic nitrogens is 2. The molecular formula is C24H24N6O3. The minimum atomic E-state index is -0.265. The van der Waals surface area contributed by atoms with Gasteiger partial charge >= 0.3 is 0 Å². The van der Waals surface area contributed by atoms with Gasteiger partial charge in [0.05, 0.1) is 23.6 Å². The minimum absolute atomic E-state index is 0.0145. The van der Waals surface area contributed by atoms with E-state index in [9.17, 15) is 9.59 Å². The van der Waals surface area contributed by atoms with E-state index in [0.717, 1.165) is 0 Å². The van der Waals surface area contributed by atoms with Crippen LogP contribution in [0, 0.1) is 0 Å². The largest absolute Gasteiger partial charge is 0.436 e. The first-order valence-electron chi connectivity index (χ1n) is 10.4. The fourth-order valence-corrected chi connectivity index (χ4v) is 3.49. The number of allylic oxidation sites excluding steroid dienone is 1. The zero-order chi connectivity index (χ0) is 23.4. The van der Waals surface area contributed by atoms with Gasteiger partial charge in [0, 0.05) is 30.5 Å². The van der Waals surface area contributed by atoms with Gasteiger partial charge in [-0.1, -0.05) is 18.7 Å². The second kappa shape index (κ2) is 9.39. The van der Waals surface area contributed by atoms with E-state index in [4.69, 9.17) is 10.5 Å². The first kappa shape index (κ1) is 21.8. The number of para-hydroxylation sites is 2. The van der Waals surface area contributed by atoms with Gasteiger partial charge in [-0.25, -0.2) is 9.97 Å². The summed E-state index contributed by atoms with van der Waals surface area (Å²) in [5, 5.41) is 5.83. The summed E-state index contributed by atoms with van der Waals surface area (Å²) in [4.78, 5) is 35.1. The number of ketones is 1. The zero-order valence-electron chi connectivity index (χ0n) is 18.1. The van der Waals surface area contributed by atoms with Gasteiger partial charge in [-0.15, -0.1) is 0 Å². The van der Waals surface area contributed by atoms with Crippen LogP contribution in [0.25, 0.3) is 0 Å². The van der Waals surface area contributed by atoms with E-state index in [0.29, 0.717) is 35.1 Å². The topological polar surface area (TPSA) is 122 Å². The fourth-order valence-electron chi connectivity index (χ4n) is 3.49. The van der Waals surface area contributed by atoms with Crippen LogP contribution >= 0.6 is 0 Å². The van der Waals surface area contributed by atoms with Crippen molar-refractivity contribution in [3.63, 3.8) is 0 Å². The number of piperazine rings is 1. The second-order valence-electron chi connectivity index (χ2n) is 7.68. The summed E-state index contributed by atoms with van der Waals surface area (Å²) in [6.07, 6.45) is 3.08. The molecule has 168 valence electrons. The van der Waals surface area contributed by atoms with Gasteiger partial charge in [-0.3, -0.25) is 9.59 Å². The molecule has 1 amide bonds. The molecule has 0 saturated carbocycles. The normalized spacial score (nSPS) is 15.5. The number of nitrogens with one attached hydrogen (secondary N) is 2. The number of hydrogen-bond donors (Lipinski definition) is 3. The molecule has 0 bridgehead atoms. The van der Waals surface area contributed by atoms with E-state index in [-0.39, 0.29) is 35.9 Å². The van der Waals surface area contributed by atoms with Crippen molar-refractivity contribution in [2.75, 3.05) is 29.0 Å². The third-order valence-corrected chi connectivity index (χ3v) is 5.03. The number of hydrogen-bond acceptors (Lipinski definition) is 8. The highest BCUT2D eigenvalue weighted by atomic mass is 16.5. The van der Waals surface area contributed by atoms with E-state index >= 15 is 0 Å². The number of carbonyl (C=O) groups excluding carboxylic acids is 2. The molecule has 1 fully saturated rings. The SMILES string of the molecule is C=C(Nc1ccccc1N)C(=O)c1ccc(Oc2nccnc2N2CC(=O)N[C@H](C)C2)cc1. The number of anilines is 3. The summed E-state index contributed by atoms with van der Waals surface area (Å²) < 4.78 is 5.93. The van der Waals surface area contributed by atoms with Crippen LogP contribution in [0.15, 0.2) is 73.2 Å². The molecule has 2 aromatic carbocycles. The Balaban J connectivity index is 1.46. The van der Waals surface area contributed by atoms with Crippen molar-refractivity contribution < 1.29 is 14.3 Å². The van der Waals surface area contributed by atoms with E-state index in [1.807, 2.05) is 24.0 Å². The summed E-state index contributed by atoms with van der Waals surface area (Å²) >= 11 is 0. The molecule has 0 radical (unpaired) electrons. The summed E-state index contributed by atoms with van der Waals surface area (Å²) in [5.41, 5.74) is 7.70. The van der Waals surface area contributed by atoms with E-state index in [1.165, 1.54) is 6.20 Å². The van der Waals surface area contributed by atoms with E-state index in [1.54, 1.807) is 42.6 Å². The summed E-state index contributed by atoms with van der Waals surface area (Å²) in [6, 6.07) is 13.8. The first-order chi connectivity index (χ1) is 15.9. The lowest BCUT2D eigenvalue weighted by Crippen LogP contribution is -2.53. The highest BCUT2D eigenvalue weighted by molar-refractivity contribution is 6.10. The highest BCUT2D eigenvalue weighted by Gasteiger charge is 2.25. The average molecular weight is 444 g/mol. The Labute approximate surface area is 191 Å². The number of nitrogens with zero attached hydrogens (tertiary/aromatic N) is 3. The molecule has 4 N–H and O–H groups in total. The van der Waals surface area contributed by atoms with Crippen molar-refractivity contribution in [2.45, 2.75) is 13.0 Å². The van der Waals surface area contributed by atoms with Gasteiger partial charge in [-0.05, 0) is 43.3 Å². The number of carbonyl (C=O) groups is 2. The second-order valence-corrected chi connectivity index (χ2v) is 7.68. The highest BCUT2D eigenvalue weighted by Crippen LogP contribution is 2.29. The Bertz CT molecular complexity index is 1190. The number of Topliss-reactive ketones (excluding diaryl/α,β-unsaturated/α-hetero) is 1. The Kier molecular flexibility index (Phi) is 6.21. The van der Waals surface area contributed by atoms with Crippen LogP contribution in [-0.4, -0.2) is 40.8 Å². The molecule has 4 rings (SSSR count). The molecule has 1 atom stereocenters. The first-order valence-corrected chi connectivity index (χ1v) is 10.4. The molecule has 0 spiro atoms. The number of amides is 1.